The second-order valence-electron chi connectivity index (χ2n) is 5.67. The SMILES string of the molecule is COc1cccc(Cl)c1C(CN)N1CCOCC1(C)C. The minimum atomic E-state index is -0.0769. The van der Waals surface area contributed by atoms with Gasteiger partial charge in [-0.05, 0) is 26.0 Å². The lowest BCUT2D eigenvalue weighted by Gasteiger charge is -2.46. The molecule has 1 heterocycles. The minimum absolute atomic E-state index is 0.0255. The van der Waals surface area contributed by atoms with Crippen molar-refractivity contribution in [3.05, 3.63) is 28.8 Å². The van der Waals surface area contributed by atoms with Crippen molar-refractivity contribution in [2.24, 2.45) is 5.73 Å². The summed E-state index contributed by atoms with van der Waals surface area (Å²) in [7, 11) is 1.66. The third-order valence-electron chi connectivity index (χ3n) is 3.87. The molecule has 1 aliphatic heterocycles. The molecule has 1 unspecified atom stereocenters. The lowest BCUT2D eigenvalue weighted by atomic mass is 9.95. The van der Waals surface area contributed by atoms with E-state index < -0.39 is 0 Å². The predicted octanol–water partition coefficient (Wildman–Crippen LogP) is 2.46. The van der Waals surface area contributed by atoms with Crippen LogP contribution in [0.2, 0.25) is 5.02 Å². The van der Waals surface area contributed by atoms with Gasteiger partial charge in [-0.2, -0.15) is 0 Å². The minimum Gasteiger partial charge on any atom is -0.496 e. The lowest BCUT2D eigenvalue weighted by Crippen LogP contribution is -2.55. The van der Waals surface area contributed by atoms with Crippen LogP contribution in [0.1, 0.15) is 25.5 Å². The molecule has 0 spiro atoms. The van der Waals surface area contributed by atoms with Gasteiger partial charge in [-0.1, -0.05) is 17.7 Å². The number of ether oxygens (including phenoxy) is 2. The number of rotatable bonds is 4. The molecule has 2 N–H and O–H groups in total. The van der Waals surface area contributed by atoms with E-state index in [0.717, 1.165) is 17.9 Å². The van der Waals surface area contributed by atoms with Crippen molar-refractivity contribution >= 4 is 11.6 Å². The standard InChI is InChI=1S/C15H23ClN2O2/c1-15(2)10-20-8-7-18(15)12(9-17)14-11(16)5-4-6-13(14)19-3/h4-6,12H,7-10,17H2,1-3H3. The average Bonchev–Trinajstić information content (AvgIpc) is 2.42. The van der Waals surface area contributed by atoms with E-state index in [0.29, 0.717) is 24.8 Å². The Hall–Kier alpha value is -0.810. The molecule has 0 aliphatic carbocycles. The summed E-state index contributed by atoms with van der Waals surface area (Å²) >= 11 is 6.40. The van der Waals surface area contributed by atoms with Crippen molar-refractivity contribution in [2.75, 3.05) is 33.4 Å². The number of methoxy groups -OCH3 is 1. The van der Waals surface area contributed by atoms with E-state index in [4.69, 9.17) is 26.8 Å². The van der Waals surface area contributed by atoms with Gasteiger partial charge in [0.15, 0.2) is 0 Å². The first-order chi connectivity index (χ1) is 9.51. The van der Waals surface area contributed by atoms with Crippen molar-refractivity contribution in [3.8, 4) is 5.75 Å². The Kier molecular flexibility index (Phi) is 4.91. The van der Waals surface area contributed by atoms with Gasteiger partial charge >= 0.3 is 0 Å². The molecule has 0 saturated carbocycles. The number of hydrogen-bond acceptors (Lipinski definition) is 4. The maximum atomic E-state index is 6.40. The number of hydrogen-bond donors (Lipinski definition) is 1. The number of morpholine rings is 1. The molecule has 1 aliphatic rings. The molecule has 1 fully saturated rings. The van der Waals surface area contributed by atoms with Gasteiger partial charge in [0.1, 0.15) is 5.75 Å². The maximum absolute atomic E-state index is 6.40. The Morgan fingerprint density at radius 2 is 2.25 bits per heavy atom. The fourth-order valence-electron chi connectivity index (χ4n) is 2.87. The van der Waals surface area contributed by atoms with Crippen molar-refractivity contribution in [1.29, 1.82) is 0 Å². The van der Waals surface area contributed by atoms with Crippen LogP contribution in [0, 0.1) is 0 Å². The predicted molar refractivity (Wildman–Crippen MR) is 81.4 cm³/mol. The summed E-state index contributed by atoms with van der Waals surface area (Å²) in [5, 5.41) is 0.696. The molecule has 1 atom stereocenters. The van der Waals surface area contributed by atoms with Gasteiger partial charge in [0, 0.05) is 29.2 Å². The summed E-state index contributed by atoms with van der Waals surface area (Å²) in [6.45, 7) is 7.06. The Labute approximate surface area is 125 Å². The van der Waals surface area contributed by atoms with E-state index in [-0.39, 0.29) is 11.6 Å². The van der Waals surface area contributed by atoms with Gasteiger partial charge in [0.2, 0.25) is 0 Å². The first-order valence-electron chi connectivity index (χ1n) is 6.88. The molecule has 1 aromatic rings. The summed E-state index contributed by atoms with van der Waals surface area (Å²) < 4.78 is 11.1. The molecule has 0 amide bonds. The van der Waals surface area contributed by atoms with E-state index in [2.05, 4.69) is 18.7 Å². The lowest BCUT2D eigenvalue weighted by molar-refractivity contribution is -0.0715. The highest BCUT2D eigenvalue weighted by molar-refractivity contribution is 6.31. The first kappa shape index (κ1) is 15.6. The molecule has 0 bridgehead atoms. The van der Waals surface area contributed by atoms with Crippen LogP contribution in [0.15, 0.2) is 18.2 Å². The molecule has 1 saturated heterocycles. The third kappa shape index (κ3) is 2.93. The summed E-state index contributed by atoms with van der Waals surface area (Å²) in [5.41, 5.74) is 6.94. The Morgan fingerprint density at radius 3 is 2.85 bits per heavy atom. The van der Waals surface area contributed by atoms with Gasteiger partial charge in [0.05, 0.1) is 26.4 Å². The van der Waals surface area contributed by atoms with Crippen LogP contribution in [0.25, 0.3) is 0 Å². The highest BCUT2D eigenvalue weighted by Crippen LogP contribution is 2.38. The molecule has 20 heavy (non-hydrogen) atoms. The maximum Gasteiger partial charge on any atom is 0.125 e. The Bertz CT molecular complexity index is 465. The fraction of sp³-hybridized carbons (Fsp3) is 0.600. The van der Waals surface area contributed by atoms with Crippen molar-refractivity contribution < 1.29 is 9.47 Å². The molecule has 0 aromatic heterocycles. The van der Waals surface area contributed by atoms with Crippen LogP contribution in [0.3, 0.4) is 0 Å². The fourth-order valence-corrected chi connectivity index (χ4v) is 3.16. The van der Waals surface area contributed by atoms with E-state index in [9.17, 15) is 0 Å². The van der Waals surface area contributed by atoms with Crippen LogP contribution in [0.5, 0.6) is 5.75 Å². The zero-order chi connectivity index (χ0) is 14.8. The van der Waals surface area contributed by atoms with Crippen LogP contribution >= 0.6 is 11.6 Å². The third-order valence-corrected chi connectivity index (χ3v) is 4.20. The van der Waals surface area contributed by atoms with E-state index in [1.54, 1.807) is 7.11 Å². The van der Waals surface area contributed by atoms with Gasteiger partial charge < -0.3 is 15.2 Å². The summed E-state index contributed by atoms with van der Waals surface area (Å²) in [4.78, 5) is 2.36. The number of benzene rings is 1. The van der Waals surface area contributed by atoms with Crippen LogP contribution < -0.4 is 10.5 Å². The normalized spacial score (nSPS) is 20.6. The van der Waals surface area contributed by atoms with Gasteiger partial charge in [0.25, 0.3) is 0 Å². The quantitative estimate of drug-likeness (QED) is 0.927. The molecular formula is C15H23ClN2O2. The number of nitrogens with two attached hydrogens (primary N) is 1. The summed E-state index contributed by atoms with van der Waals surface area (Å²) in [5.74, 6) is 0.787. The van der Waals surface area contributed by atoms with Crippen molar-refractivity contribution in [2.45, 2.75) is 25.4 Å². The molecule has 4 nitrogen and oxygen atoms in total. The smallest absolute Gasteiger partial charge is 0.125 e. The van der Waals surface area contributed by atoms with Crippen LogP contribution in [0.4, 0.5) is 0 Å². The molecule has 5 heteroatoms. The highest BCUT2D eigenvalue weighted by Gasteiger charge is 2.37. The molecule has 1 aromatic carbocycles. The largest absolute Gasteiger partial charge is 0.496 e. The second kappa shape index (κ2) is 6.31. The number of nitrogens with zero attached hydrogens (tertiary/aromatic N) is 1. The van der Waals surface area contributed by atoms with Gasteiger partial charge in [-0.3, -0.25) is 4.90 Å². The van der Waals surface area contributed by atoms with Crippen LogP contribution in [-0.2, 0) is 4.74 Å². The van der Waals surface area contributed by atoms with E-state index in [1.807, 2.05) is 18.2 Å². The second-order valence-corrected chi connectivity index (χ2v) is 6.07. The summed E-state index contributed by atoms with van der Waals surface area (Å²) in [6.07, 6.45) is 0. The molecule has 2 rings (SSSR count). The topological polar surface area (TPSA) is 47.7 Å². The summed E-state index contributed by atoms with van der Waals surface area (Å²) in [6, 6.07) is 5.73. The highest BCUT2D eigenvalue weighted by atomic mass is 35.5. The van der Waals surface area contributed by atoms with Gasteiger partial charge in [-0.15, -0.1) is 0 Å². The molecule has 0 radical (unpaired) electrons. The molecule has 112 valence electrons. The monoisotopic (exact) mass is 298 g/mol. The molecular weight excluding hydrogens is 276 g/mol. The van der Waals surface area contributed by atoms with E-state index in [1.165, 1.54) is 0 Å². The Morgan fingerprint density at radius 1 is 1.50 bits per heavy atom. The number of halogens is 1. The first-order valence-corrected chi connectivity index (χ1v) is 7.26. The van der Waals surface area contributed by atoms with Crippen molar-refractivity contribution in [1.82, 2.24) is 4.90 Å². The zero-order valence-electron chi connectivity index (χ0n) is 12.4. The van der Waals surface area contributed by atoms with Crippen LogP contribution in [-0.4, -0.2) is 43.9 Å². The average molecular weight is 299 g/mol. The Balaban J connectivity index is 2.42. The van der Waals surface area contributed by atoms with Gasteiger partial charge in [-0.25, -0.2) is 0 Å². The zero-order valence-corrected chi connectivity index (χ0v) is 13.1. The van der Waals surface area contributed by atoms with Crippen molar-refractivity contribution in [3.63, 3.8) is 0 Å². The van der Waals surface area contributed by atoms with E-state index >= 15 is 0 Å².